The summed E-state index contributed by atoms with van der Waals surface area (Å²) in [5, 5.41) is 26.6. The van der Waals surface area contributed by atoms with Crippen molar-refractivity contribution in [2.24, 2.45) is 40.9 Å². The number of azide groups is 4. The van der Waals surface area contributed by atoms with Crippen LogP contribution in [0.4, 0.5) is 17.6 Å². The lowest BCUT2D eigenvalue weighted by Crippen LogP contribution is -2.36. The highest BCUT2D eigenvalue weighted by Gasteiger charge is 2.52. The van der Waals surface area contributed by atoms with Gasteiger partial charge in [0.1, 0.15) is 72.9 Å². The normalized spacial score (nSPS) is 24.6. The van der Waals surface area contributed by atoms with Gasteiger partial charge in [-0.2, -0.15) is 44.5 Å². The Hall–Kier alpha value is -10.2. The Morgan fingerprint density at radius 1 is 0.380 bits per heavy atom. The zero-order valence-electron chi connectivity index (χ0n) is 74.5. The number of rotatable bonds is 48. The van der Waals surface area contributed by atoms with Crippen LogP contribution in [0, 0.1) is 6.92 Å². The first-order valence-corrected chi connectivity index (χ1v) is 56.6. The second kappa shape index (κ2) is 50.8. The van der Waals surface area contributed by atoms with Gasteiger partial charge in [0, 0.05) is 95.3 Å². The van der Waals surface area contributed by atoms with Crippen LogP contribution in [0.5, 0.6) is 0 Å². The molecule has 0 bridgehead atoms. The summed E-state index contributed by atoms with van der Waals surface area (Å²) in [7, 11) is -67.7. The Morgan fingerprint density at radius 3 is 0.953 bits per heavy atom. The summed E-state index contributed by atoms with van der Waals surface area (Å²) in [6.07, 6.45) is -9.28. The molecule has 0 aliphatic carbocycles. The van der Waals surface area contributed by atoms with Crippen molar-refractivity contribution in [2.75, 3.05) is 43.6 Å². The molecule has 0 radical (unpaired) electrons. The van der Waals surface area contributed by atoms with E-state index in [1.807, 2.05) is 4.98 Å². The maximum Gasteiger partial charge on any atom is 0.490 e. The molecule has 4 saturated heterocycles. The predicted octanol–water partition coefficient (Wildman–Crippen LogP) is 6.23. The van der Waals surface area contributed by atoms with Gasteiger partial charge in [0.15, 0.2) is 5.65 Å². The molecule has 10 heterocycles. The summed E-state index contributed by atoms with van der Waals surface area (Å²) in [6.45, 7) is 1.86. The van der Waals surface area contributed by atoms with Gasteiger partial charge in [0.05, 0.1) is 61.6 Å². The topological polar surface area (TPSA) is 1350 Å². The molecule has 0 aromatic carbocycles. The number of aromatic nitrogens is 10. The number of hydrogen-bond acceptors (Lipinski definition) is 51. The van der Waals surface area contributed by atoms with Gasteiger partial charge in [-0.1, -0.05) is 40.9 Å². The molecule has 6 aromatic rings. The van der Waals surface area contributed by atoms with Crippen molar-refractivity contribution < 1.29 is 224 Å². The van der Waals surface area contributed by atoms with E-state index in [4.69, 9.17) is 138 Å². The minimum Gasteiger partial charge on any atom is -0.383 e. The smallest absolute Gasteiger partial charge is 0.383 e. The average molecular weight is 2390 g/mol. The second-order valence-corrected chi connectivity index (χ2v) is 46.7. The monoisotopic (exact) mass is 2390 g/mol. The Morgan fingerprint density at radius 2 is 0.660 bits per heavy atom. The van der Waals surface area contributed by atoms with E-state index in [-0.39, 0.29) is 59.9 Å². The SMILES string of the molecule is CC(N=[N+]=[N-])(N=[N+]=[N-])O[C@@H]1C[C@H](n2ccc(N)nc2=O)O[C@@H]1COP(=O)(O)OP(=O)(O)OP(=O)(O)O.CC(N=[N+]=[N-])(N=[N+]=[N-])O[C@@H]1C[C@H](n2ccc3c(=O)[nH]c(N)nc32)O[C@@H]1COP(=O)(O)OP(=O)(O)OP(=O)(O)O.CC(N=[N+]=[N-])(N=[N+]=[N-])O[C@@H]1C[C@H](n2ccc3c(N)ncnc32)O[C@@H]1COP(=O)(O)OP(=O)(O)OP(=O)(O)O.Cc1cn([C@H]2C[C@@H](OC(C)(N=[N+]=[N-])N=[N+]=[N-])[C@@H](COP(=O)(O)OP(=O)(O)OP(=O)(O)O)O2)c(=O)[nH]c1=O. The van der Waals surface area contributed by atoms with Crippen molar-refractivity contribution >= 4 is 134 Å². The molecule has 24 N–H and O–H groups in total. The number of nitrogen functional groups attached to an aromatic ring is 3. The molecule has 10 rings (SSSR count). The van der Waals surface area contributed by atoms with Gasteiger partial charge in [-0.15, -0.1) is 0 Å². The number of fused-ring (bicyclic) bond motifs is 2. The van der Waals surface area contributed by atoms with Crippen molar-refractivity contribution in [3.8, 4) is 0 Å². The molecule has 8 unspecified atom stereocenters. The summed E-state index contributed by atoms with van der Waals surface area (Å²) < 4.78 is 235. The average Bonchev–Trinajstić information content (AvgIpc) is 1.63. The molecular weight excluding hydrogens is 2310 g/mol. The zero-order chi connectivity index (χ0) is 113. The molecule has 0 saturated carbocycles. The molecule has 4 aliphatic heterocycles. The third-order valence-electron chi connectivity index (χ3n) is 17.7. The lowest BCUT2D eigenvalue weighted by Gasteiger charge is -2.26. The van der Waals surface area contributed by atoms with Crippen LogP contribution in [0.3, 0.4) is 0 Å². The molecule has 101 heteroatoms. The third-order valence-corrected chi connectivity index (χ3v) is 32.9. The summed E-state index contributed by atoms with van der Waals surface area (Å²) in [5.74, 6) is -8.82. The number of H-pyrrole nitrogens is 2. The van der Waals surface area contributed by atoms with Crippen molar-refractivity contribution in [3.05, 3.63) is 180 Å². The van der Waals surface area contributed by atoms with Gasteiger partial charge >= 0.3 is 105 Å². The summed E-state index contributed by atoms with van der Waals surface area (Å²) in [6, 6.07) is 4.24. The van der Waals surface area contributed by atoms with Crippen molar-refractivity contribution in [3.63, 3.8) is 0 Å². The summed E-state index contributed by atoms with van der Waals surface area (Å²) >= 11 is 0. The van der Waals surface area contributed by atoms with E-state index < -0.39 is 240 Å². The number of aryl methyl sites for hydroxylation is 1. The van der Waals surface area contributed by atoms with Crippen LogP contribution in [0.25, 0.3) is 106 Å². The van der Waals surface area contributed by atoms with Crippen LogP contribution < -0.4 is 39.7 Å². The van der Waals surface area contributed by atoms with Crippen LogP contribution in [0.2, 0.25) is 0 Å². The molecule has 4 aliphatic rings. The predicted molar refractivity (Wildman–Crippen MR) is 475 cm³/mol. The number of aromatic amines is 2. The van der Waals surface area contributed by atoms with Gasteiger partial charge in [0.2, 0.25) is 29.3 Å². The zero-order valence-corrected chi connectivity index (χ0v) is 85.2. The number of nitrogens with zero attached hydrogens (tertiary/aromatic N) is 32. The molecule has 6 aromatic heterocycles. The van der Waals surface area contributed by atoms with E-state index in [0.717, 1.165) is 43.0 Å². The fraction of sp³-hybridized carbons (Fsp3) is 0.592. The molecule has 828 valence electrons. The maximum absolute atomic E-state index is 12.3. The highest BCUT2D eigenvalue weighted by atomic mass is 31.3. The standard InChI is InChI=1S/C13H19N10O13P3.C13H19N10O12P3.C12H19N8O14P3.C11H18N9O13P3/c1-13(19-21-15,20-22-16)34-7-4-9(23-3-2-6-10(23)17-12(14)18-11(6)24)33-8(7)5-32-38(28,29)36-39(30,31)35-37(25,26)27;1-13(19-21-15,20-22-16)33-8-4-10(23-3-2-7-11(14)17-6-18-12(7)23)32-9(8)5-31-37(27,28)35-38(29,30)34-36(24,25)26;1-6-4-20(11(22)15-10(6)21)9-3-7(32-12(2,16-18-13)17-19-14)8(31-9)5-30-36(26,27)34-37(28,29)33-35(23,24)25;1-11(16-18-13,17-19-14)31-6-4-9(20-3-2-8(12)15-10(20)21)30-7(6)5-29-35(25,26)33-36(27,28)32-34(22,23)24/h2-3,7-9H,4-5H2,1H3,(H,28,29)(H,30,31)(H2,25,26,27)(H3,14,17,18,24);2-3,6,8-10H,4-5H2,1H3,(H,27,28)(H,29,30)(H2,14,17,18)(H2,24,25,26);4,7-9H,3,5H2,1-2H3,(H,26,27)(H,28,29)(H,15,21,22)(H2,23,24,25);2-3,6-7,9H,4-5H2,1H3,(H,25,26)(H,27,28)(H2,12,15,21)(H2,22,23,24)/t7-,8-,9-;8-,9-,10-;7-,8-,9-;6-,7-,9-/m1111/s1. The summed E-state index contributed by atoms with van der Waals surface area (Å²) in [5.41, 5.74) is 84.6. The Labute approximate surface area is 824 Å². The quantitative estimate of drug-likeness (QED) is 0.00870. The Bertz CT molecular complexity index is 7240. The van der Waals surface area contributed by atoms with E-state index in [1.54, 1.807) is 12.3 Å². The number of ether oxygens (including phenoxy) is 8. The van der Waals surface area contributed by atoms with E-state index >= 15 is 0 Å². The molecule has 0 amide bonds. The van der Waals surface area contributed by atoms with Crippen LogP contribution in [-0.4, -0.2) is 225 Å². The van der Waals surface area contributed by atoms with Gasteiger partial charge in [-0.3, -0.25) is 46.8 Å². The number of hydrogen-bond donors (Lipinski definition) is 21. The second-order valence-electron chi connectivity index (χ2n) is 29.0. The van der Waals surface area contributed by atoms with E-state index in [0.29, 0.717) is 11.0 Å². The van der Waals surface area contributed by atoms with Gasteiger partial charge < -0.3 is 143 Å². The van der Waals surface area contributed by atoms with Crippen molar-refractivity contribution in [2.45, 2.75) is 157 Å². The molecule has 150 heavy (non-hydrogen) atoms. The lowest BCUT2D eigenvalue weighted by atomic mass is 10.2. The first-order chi connectivity index (χ1) is 68.9. The van der Waals surface area contributed by atoms with E-state index in [9.17, 15) is 113 Å². The third kappa shape index (κ3) is 39.7. The first kappa shape index (κ1) is 127. The number of phosphoric ester groups is 4. The first-order valence-electron chi connectivity index (χ1n) is 38.5. The van der Waals surface area contributed by atoms with E-state index in [1.165, 1.54) is 46.9 Å². The molecule has 0 spiro atoms. The fourth-order valence-corrected chi connectivity index (χ4v) is 24.6. The largest absolute Gasteiger partial charge is 0.490 e. The van der Waals surface area contributed by atoms with Crippen LogP contribution >= 0.6 is 93.9 Å². The Kier molecular flexibility index (Phi) is 42.9. The van der Waals surface area contributed by atoms with Crippen LogP contribution in [0.15, 0.2) is 109 Å². The van der Waals surface area contributed by atoms with Gasteiger partial charge in [-0.05, 0) is 97.1 Å². The number of nitrogens with two attached hydrogens (primary N) is 3. The van der Waals surface area contributed by atoms with Crippen molar-refractivity contribution in [1.82, 2.24) is 48.2 Å². The van der Waals surface area contributed by atoms with Crippen LogP contribution in [-0.2, 0) is 145 Å². The highest BCUT2D eigenvalue weighted by Crippen LogP contribution is 2.70. The number of nitrogens with one attached hydrogen (secondary N) is 2. The summed E-state index contributed by atoms with van der Waals surface area (Å²) in [4.78, 5) is 233. The van der Waals surface area contributed by atoms with Crippen molar-refractivity contribution in [1.29, 1.82) is 0 Å². The molecule has 4 fully saturated rings. The molecule has 20 atom stereocenters. The Balaban J connectivity index is 0.000000271. The number of anilines is 3. The van der Waals surface area contributed by atoms with Crippen LogP contribution in [0.1, 0.15) is 83.9 Å². The maximum atomic E-state index is 12.3. The lowest BCUT2D eigenvalue weighted by molar-refractivity contribution is -0.114. The van der Waals surface area contributed by atoms with Gasteiger partial charge in [-0.25, -0.2) is 74.3 Å². The molecule has 89 nitrogen and oxygen atoms in total. The number of phosphoric acid groups is 12. The minimum absolute atomic E-state index is 0.0707. The highest BCUT2D eigenvalue weighted by molar-refractivity contribution is 7.68. The van der Waals surface area contributed by atoms with Gasteiger partial charge in [0.25, 0.3) is 11.1 Å². The molecular formula is C49H75N37O52P12. The fourth-order valence-electron chi connectivity index (χ4n) is 12.5. The van der Waals surface area contributed by atoms with E-state index in [2.05, 4.69) is 158 Å². The minimum atomic E-state index is -5.80.